The molecule has 0 N–H and O–H groups in total. The molecular weight excluding hydrogens is 624 g/mol. The van der Waals surface area contributed by atoms with Crippen molar-refractivity contribution >= 4 is 38.7 Å². The maximum atomic E-state index is 13.0. The first kappa shape index (κ1) is 29.6. The number of benzene rings is 2. The van der Waals surface area contributed by atoms with Gasteiger partial charge in [0, 0.05) is 31.3 Å². The zero-order chi connectivity index (χ0) is 30.6. The van der Waals surface area contributed by atoms with Gasteiger partial charge in [-0.05, 0) is 86.0 Å². The smallest absolute Gasteiger partial charge is 0.410 e. The summed E-state index contributed by atoms with van der Waals surface area (Å²) in [5.41, 5.74) is 2.53. The van der Waals surface area contributed by atoms with Gasteiger partial charge >= 0.3 is 12.1 Å². The molecule has 0 radical (unpaired) electrons. The second-order valence-electron chi connectivity index (χ2n) is 13.5. The maximum absolute atomic E-state index is 13.0. The van der Waals surface area contributed by atoms with Crippen molar-refractivity contribution in [3.8, 4) is 11.8 Å². The van der Waals surface area contributed by atoms with Gasteiger partial charge in [-0.2, -0.15) is 9.97 Å². The summed E-state index contributed by atoms with van der Waals surface area (Å²) in [4.78, 5) is 27.4. The molecule has 9 nitrogen and oxygen atoms in total. The lowest BCUT2D eigenvalue weighted by molar-refractivity contribution is 0.0206. The van der Waals surface area contributed by atoms with E-state index in [0.717, 1.165) is 64.6 Å². The van der Waals surface area contributed by atoms with Crippen LogP contribution in [-0.4, -0.2) is 71.1 Å². The number of amides is 1. The number of carbonyl (C=O) groups excluding carboxylic acids is 1. The molecule has 4 fully saturated rings. The molecule has 4 aliphatic rings. The Labute approximate surface area is 267 Å². The molecule has 1 aliphatic carbocycles. The third kappa shape index (κ3) is 5.95. The number of aromatic nitrogens is 2. The predicted molar refractivity (Wildman–Crippen MR) is 172 cm³/mol. The molecular formula is C34H41BrN4O5. The average Bonchev–Trinajstić information content (AvgIpc) is 3.64. The highest BCUT2D eigenvalue weighted by atomic mass is 79.9. The predicted octanol–water partition coefficient (Wildman–Crippen LogP) is 7.17. The molecule has 1 saturated carbocycles. The molecule has 2 bridgehead atoms. The number of hydrogen-bond acceptors (Lipinski definition) is 8. The van der Waals surface area contributed by atoms with Gasteiger partial charge in [-0.15, -0.1) is 0 Å². The highest BCUT2D eigenvalue weighted by Gasteiger charge is 2.48. The lowest BCUT2D eigenvalue weighted by Crippen LogP contribution is -2.50. The van der Waals surface area contributed by atoms with E-state index in [0.29, 0.717) is 38.2 Å². The highest BCUT2D eigenvalue weighted by Crippen LogP contribution is 2.51. The van der Waals surface area contributed by atoms with Crippen LogP contribution in [0.25, 0.3) is 10.9 Å². The van der Waals surface area contributed by atoms with Crippen molar-refractivity contribution in [2.45, 2.75) is 95.6 Å². The van der Waals surface area contributed by atoms with Crippen LogP contribution in [0.2, 0.25) is 0 Å². The monoisotopic (exact) mass is 664 g/mol. The molecule has 44 heavy (non-hydrogen) atoms. The van der Waals surface area contributed by atoms with Crippen molar-refractivity contribution in [3.05, 3.63) is 52.0 Å². The Kier molecular flexibility index (Phi) is 7.85. The average molecular weight is 666 g/mol. The fourth-order valence-corrected chi connectivity index (χ4v) is 7.37. The van der Waals surface area contributed by atoms with E-state index in [9.17, 15) is 4.79 Å². The topological polar surface area (TPSA) is 86.3 Å². The Hall–Kier alpha value is -3.11. The first-order valence-corrected chi connectivity index (χ1v) is 16.7. The number of ether oxygens (including phenoxy) is 4. The number of anilines is 1. The first-order chi connectivity index (χ1) is 21.1. The largest absolute Gasteiger partial charge is 0.483 e. The van der Waals surface area contributed by atoms with E-state index in [2.05, 4.69) is 46.0 Å². The fourth-order valence-electron chi connectivity index (χ4n) is 6.65. The van der Waals surface area contributed by atoms with E-state index >= 15 is 0 Å². The third-order valence-electron chi connectivity index (χ3n) is 9.03. The van der Waals surface area contributed by atoms with Crippen LogP contribution in [0.15, 0.2) is 40.9 Å². The lowest BCUT2D eigenvalue weighted by atomic mass is 10.1. The Bertz CT molecular complexity index is 1540. The fraction of sp³-hybridized carbons (Fsp3) is 0.559. The van der Waals surface area contributed by atoms with Crippen molar-refractivity contribution < 1.29 is 23.7 Å². The molecule has 3 aliphatic heterocycles. The Balaban J connectivity index is 1.29. The maximum Gasteiger partial charge on any atom is 0.410 e. The number of likely N-dealkylation sites (tertiary alicyclic amines) is 1. The van der Waals surface area contributed by atoms with E-state index in [1.807, 2.05) is 43.9 Å². The minimum atomic E-state index is -0.530. The van der Waals surface area contributed by atoms with Crippen LogP contribution in [0.1, 0.15) is 82.9 Å². The van der Waals surface area contributed by atoms with Gasteiger partial charge in [-0.25, -0.2) is 4.79 Å². The van der Waals surface area contributed by atoms with Gasteiger partial charge in [-0.3, -0.25) is 0 Å². The first-order valence-electron chi connectivity index (χ1n) is 15.9. The van der Waals surface area contributed by atoms with Crippen molar-refractivity contribution in [2.75, 3.05) is 31.2 Å². The van der Waals surface area contributed by atoms with E-state index < -0.39 is 5.60 Å². The molecule has 234 valence electrons. The molecule has 3 aromatic rings. The minimum absolute atomic E-state index is 0.00599. The molecule has 3 saturated heterocycles. The van der Waals surface area contributed by atoms with Gasteiger partial charge in [0.1, 0.15) is 29.1 Å². The van der Waals surface area contributed by atoms with Crippen molar-refractivity contribution in [1.29, 1.82) is 0 Å². The summed E-state index contributed by atoms with van der Waals surface area (Å²) in [7, 11) is 0. The highest BCUT2D eigenvalue weighted by molar-refractivity contribution is 9.10. The summed E-state index contributed by atoms with van der Waals surface area (Å²) < 4.78 is 25.5. The van der Waals surface area contributed by atoms with E-state index in [4.69, 9.17) is 28.9 Å². The number of rotatable bonds is 7. The van der Waals surface area contributed by atoms with E-state index in [1.165, 1.54) is 5.56 Å². The van der Waals surface area contributed by atoms with Crippen LogP contribution < -0.4 is 14.4 Å². The summed E-state index contributed by atoms with van der Waals surface area (Å²) in [5, 5.41) is 0.959. The summed E-state index contributed by atoms with van der Waals surface area (Å²) in [6, 6.07) is 13.1. The standard InChI is InChI=1S/C34H41BrN4O5/c1-20(21-8-6-5-7-9-21)42-30-28(35)26(22-10-11-22)17-27-29(30)36-32(43-25-12-14-41-15-13-25)37-31(27)38-18-24-16-23(38)19-39(24)33(40)44-34(2,3)4/h5-9,17,20,22-25H,10-16,18-19H2,1-4H3/t20-,23-,24-/m0/s1. The van der Waals surface area contributed by atoms with Crippen LogP contribution in [0.4, 0.5) is 10.6 Å². The van der Waals surface area contributed by atoms with Gasteiger partial charge in [0.05, 0.1) is 29.8 Å². The van der Waals surface area contributed by atoms with Crippen molar-refractivity contribution in [2.24, 2.45) is 0 Å². The Morgan fingerprint density at radius 2 is 1.80 bits per heavy atom. The second-order valence-corrected chi connectivity index (χ2v) is 14.3. The minimum Gasteiger partial charge on any atom is -0.483 e. The van der Waals surface area contributed by atoms with Gasteiger partial charge < -0.3 is 28.7 Å². The van der Waals surface area contributed by atoms with Gasteiger partial charge in [-0.1, -0.05) is 30.3 Å². The molecule has 3 atom stereocenters. The summed E-state index contributed by atoms with van der Waals surface area (Å²) >= 11 is 3.94. The quantitative estimate of drug-likeness (QED) is 0.263. The van der Waals surface area contributed by atoms with Crippen LogP contribution in [-0.2, 0) is 9.47 Å². The van der Waals surface area contributed by atoms with E-state index in [1.54, 1.807) is 0 Å². The number of nitrogens with zero attached hydrogens (tertiary/aromatic N) is 4. The molecule has 0 spiro atoms. The lowest BCUT2D eigenvalue weighted by Gasteiger charge is -2.36. The molecule has 2 aromatic carbocycles. The van der Waals surface area contributed by atoms with Crippen LogP contribution in [0, 0.1) is 0 Å². The van der Waals surface area contributed by atoms with Crippen molar-refractivity contribution in [3.63, 3.8) is 0 Å². The van der Waals surface area contributed by atoms with Crippen molar-refractivity contribution in [1.82, 2.24) is 14.9 Å². The SMILES string of the molecule is C[C@H](Oc1c(Br)c(C2CC2)cc2c(N3C[C@@H]4C[C@H]3CN4C(=O)OC(C)(C)C)nc(OC3CCOCC3)nc12)c1ccccc1. The zero-order valence-electron chi connectivity index (χ0n) is 25.9. The van der Waals surface area contributed by atoms with E-state index in [-0.39, 0.29) is 30.4 Å². The Morgan fingerprint density at radius 3 is 2.45 bits per heavy atom. The molecule has 10 heteroatoms. The summed E-state index contributed by atoms with van der Waals surface area (Å²) in [6.45, 7) is 10.4. The van der Waals surface area contributed by atoms with Gasteiger partial charge in [0.25, 0.3) is 0 Å². The third-order valence-corrected chi connectivity index (χ3v) is 9.85. The second kappa shape index (κ2) is 11.7. The number of fused-ring (bicyclic) bond motifs is 3. The molecule has 1 aromatic heterocycles. The van der Waals surface area contributed by atoms with Crippen LogP contribution >= 0.6 is 15.9 Å². The number of halogens is 1. The summed E-state index contributed by atoms with van der Waals surface area (Å²) in [6.07, 6.45) is 4.34. The molecule has 7 rings (SSSR count). The van der Waals surface area contributed by atoms with Crippen LogP contribution in [0.5, 0.6) is 11.8 Å². The molecule has 1 amide bonds. The number of piperazine rings is 1. The van der Waals surface area contributed by atoms with Gasteiger partial charge in [0.15, 0.2) is 5.75 Å². The van der Waals surface area contributed by atoms with Gasteiger partial charge in [0.2, 0.25) is 0 Å². The Morgan fingerprint density at radius 1 is 1.05 bits per heavy atom. The summed E-state index contributed by atoms with van der Waals surface area (Å²) in [5.74, 6) is 2.05. The molecule has 0 unspecified atom stereocenters. The normalized spacial score (nSPS) is 22.8. The zero-order valence-corrected chi connectivity index (χ0v) is 27.5. The number of carbonyl (C=O) groups is 1. The van der Waals surface area contributed by atoms with Crippen LogP contribution in [0.3, 0.4) is 0 Å². The number of hydrogen-bond donors (Lipinski definition) is 0. The molecule has 4 heterocycles.